The largest absolute Gasteiger partial charge is 0.324 e. The second kappa shape index (κ2) is 3.93. The van der Waals surface area contributed by atoms with Crippen LogP contribution in [0.15, 0.2) is 18.2 Å². The third-order valence-electron chi connectivity index (χ3n) is 2.50. The van der Waals surface area contributed by atoms with E-state index in [0.29, 0.717) is 5.92 Å². The van der Waals surface area contributed by atoms with Crippen molar-refractivity contribution in [3.8, 4) is 0 Å². The third kappa shape index (κ3) is 2.31. The minimum Gasteiger partial charge on any atom is -0.324 e. The van der Waals surface area contributed by atoms with Crippen LogP contribution in [0.1, 0.15) is 36.6 Å². The highest BCUT2D eigenvalue weighted by atomic mass is 14.6. The van der Waals surface area contributed by atoms with Gasteiger partial charge in [-0.1, -0.05) is 37.6 Å². The van der Waals surface area contributed by atoms with Crippen molar-refractivity contribution in [2.75, 3.05) is 0 Å². The van der Waals surface area contributed by atoms with E-state index in [1.165, 1.54) is 16.7 Å². The molecule has 0 bridgehead atoms. The van der Waals surface area contributed by atoms with E-state index in [-0.39, 0.29) is 6.04 Å². The van der Waals surface area contributed by atoms with Crippen LogP contribution in [0.4, 0.5) is 0 Å². The van der Waals surface area contributed by atoms with Crippen molar-refractivity contribution < 1.29 is 0 Å². The molecule has 0 saturated carbocycles. The average Bonchev–Trinajstić information content (AvgIpc) is 2.03. The first kappa shape index (κ1) is 10.3. The normalized spacial score (nSPS) is 13.4. The number of hydrogen-bond acceptors (Lipinski definition) is 1. The molecule has 1 rings (SSSR count). The Bertz CT molecular complexity index is 289. The van der Waals surface area contributed by atoms with Gasteiger partial charge < -0.3 is 5.73 Å². The molecule has 0 fully saturated rings. The van der Waals surface area contributed by atoms with Gasteiger partial charge in [0, 0.05) is 6.04 Å². The highest BCUT2D eigenvalue weighted by Crippen LogP contribution is 2.22. The Balaban J connectivity index is 3.01. The van der Waals surface area contributed by atoms with Gasteiger partial charge in [-0.25, -0.2) is 0 Å². The molecule has 1 aromatic rings. The summed E-state index contributed by atoms with van der Waals surface area (Å²) in [5.74, 6) is 0.501. The van der Waals surface area contributed by atoms with Crippen molar-refractivity contribution in [3.05, 3.63) is 34.9 Å². The zero-order valence-electron chi connectivity index (χ0n) is 8.96. The molecular weight excluding hydrogens is 158 g/mol. The fourth-order valence-electron chi connectivity index (χ4n) is 1.56. The second-order valence-electron chi connectivity index (χ2n) is 4.13. The summed E-state index contributed by atoms with van der Waals surface area (Å²) in [6.45, 7) is 8.55. The van der Waals surface area contributed by atoms with Crippen LogP contribution in [0.2, 0.25) is 0 Å². The lowest BCUT2D eigenvalue weighted by Gasteiger charge is -2.18. The van der Waals surface area contributed by atoms with Gasteiger partial charge in [-0.3, -0.25) is 0 Å². The van der Waals surface area contributed by atoms with Crippen LogP contribution in [0, 0.1) is 19.8 Å². The maximum absolute atomic E-state index is 6.09. The quantitative estimate of drug-likeness (QED) is 0.738. The van der Waals surface area contributed by atoms with Crippen LogP contribution in [-0.2, 0) is 0 Å². The Morgan fingerprint density at radius 1 is 1.15 bits per heavy atom. The monoisotopic (exact) mass is 177 g/mol. The first-order valence-corrected chi connectivity index (χ1v) is 4.85. The van der Waals surface area contributed by atoms with E-state index in [2.05, 4.69) is 45.9 Å². The Hall–Kier alpha value is -0.820. The van der Waals surface area contributed by atoms with E-state index < -0.39 is 0 Å². The second-order valence-corrected chi connectivity index (χ2v) is 4.13. The van der Waals surface area contributed by atoms with Crippen LogP contribution in [0.3, 0.4) is 0 Å². The lowest BCUT2D eigenvalue weighted by Crippen LogP contribution is -2.17. The first-order valence-electron chi connectivity index (χ1n) is 4.85. The van der Waals surface area contributed by atoms with Crippen LogP contribution in [-0.4, -0.2) is 0 Å². The Labute approximate surface area is 81.0 Å². The van der Waals surface area contributed by atoms with Crippen LogP contribution < -0.4 is 5.73 Å². The van der Waals surface area contributed by atoms with Gasteiger partial charge in [0.1, 0.15) is 0 Å². The van der Waals surface area contributed by atoms with Crippen molar-refractivity contribution in [1.29, 1.82) is 0 Å². The fourth-order valence-corrected chi connectivity index (χ4v) is 1.56. The average molecular weight is 177 g/mol. The Morgan fingerprint density at radius 2 is 1.77 bits per heavy atom. The van der Waals surface area contributed by atoms with Gasteiger partial charge in [-0.05, 0) is 30.9 Å². The van der Waals surface area contributed by atoms with Crippen molar-refractivity contribution in [2.45, 2.75) is 33.7 Å². The van der Waals surface area contributed by atoms with Gasteiger partial charge in [0.15, 0.2) is 0 Å². The molecule has 0 amide bonds. The molecule has 0 heterocycles. The molecule has 1 aromatic carbocycles. The molecule has 2 N–H and O–H groups in total. The minimum absolute atomic E-state index is 0.167. The summed E-state index contributed by atoms with van der Waals surface area (Å²) < 4.78 is 0. The van der Waals surface area contributed by atoms with Gasteiger partial charge in [-0.2, -0.15) is 0 Å². The zero-order chi connectivity index (χ0) is 10.0. The number of nitrogens with two attached hydrogens (primary N) is 1. The van der Waals surface area contributed by atoms with Crippen LogP contribution in [0.5, 0.6) is 0 Å². The summed E-state index contributed by atoms with van der Waals surface area (Å²) in [5.41, 5.74) is 9.98. The predicted molar refractivity (Wildman–Crippen MR) is 57.7 cm³/mol. The summed E-state index contributed by atoms with van der Waals surface area (Å²) in [5, 5.41) is 0. The van der Waals surface area contributed by atoms with Crippen LogP contribution in [0.25, 0.3) is 0 Å². The molecule has 0 aliphatic rings. The molecule has 13 heavy (non-hydrogen) atoms. The molecule has 0 saturated heterocycles. The SMILES string of the molecule is Cc1ccc([C@@H](N)C(C)C)c(C)c1. The molecule has 1 heteroatoms. The topological polar surface area (TPSA) is 26.0 Å². The summed E-state index contributed by atoms with van der Waals surface area (Å²) in [6, 6.07) is 6.64. The fraction of sp³-hybridized carbons (Fsp3) is 0.500. The van der Waals surface area contributed by atoms with Crippen LogP contribution >= 0.6 is 0 Å². The smallest absolute Gasteiger partial charge is 0.0320 e. The van der Waals surface area contributed by atoms with E-state index in [0.717, 1.165) is 0 Å². The van der Waals surface area contributed by atoms with E-state index in [1.54, 1.807) is 0 Å². The molecule has 0 aromatic heterocycles. The predicted octanol–water partition coefficient (Wildman–Crippen LogP) is 2.96. The number of hydrogen-bond donors (Lipinski definition) is 1. The number of aryl methyl sites for hydroxylation is 2. The molecule has 0 aliphatic carbocycles. The highest BCUT2D eigenvalue weighted by molar-refractivity contribution is 5.32. The Morgan fingerprint density at radius 3 is 2.23 bits per heavy atom. The number of rotatable bonds is 2. The molecular formula is C12H19N. The molecule has 0 spiro atoms. The summed E-state index contributed by atoms with van der Waals surface area (Å²) in [7, 11) is 0. The van der Waals surface area contributed by atoms with Gasteiger partial charge in [0.25, 0.3) is 0 Å². The molecule has 1 atom stereocenters. The van der Waals surface area contributed by atoms with E-state index in [1.807, 2.05) is 0 Å². The van der Waals surface area contributed by atoms with Gasteiger partial charge in [0.05, 0.1) is 0 Å². The van der Waals surface area contributed by atoms with Crippen molar-refractivity contribution in [3.63, 3.8) is 0 Å². The lowest BCUT2D eigenvalue weighted by atomic mass is 9.93. The maximum atomic E-state index is 6.09. The lowest BCUT2D eigenvalue weighted by molar-refractivity contribution is 0.512. The van der Waals surface area contributed by atoms with E-state index in [4.69, 9.17) is 5.73 Å². The molecule has 0 radical (unpaired) electrons. The van der Waals surface area contributed by atoms with Gasteiger partial charge >= 0.3 is 0 Å². The highest BCUT2D eigenvalue weighted by Gasteiger charge is 2.11. The summed E-state index contributed by atoms with van der Waals surface area (Å²) >= 11 is 0. The van der Waals surface area contributed by atoms with Crippen molar-refractivity contribution in [2.24, 2.45) is 11.7 Å². The van der Waals surface area contributed by atoms with Crippen molar-refractivity contribution in [1.82, 2.24) is 0 Å². The Kier molecular flexibility index (Phi) is 3.10. The van der Waals surface area contributed by atoms with Crippen molar-refractivity contribution >= 4 is 0 Å². The van der Waals surface area contributed by atoms with E-state index >= 15 is 0 Å². The minimum atomic E-state index is 0.167. The van der Waals surface area contributed by atoms with E-state index in [9.17, 15) is 0 Å². The standard InChI is InChI=1S/C12H19N/c1-8(2)12(13)11-6-5-9(3)7-10(11)4/h5-8,12H,13H2,1-4H3/t12-/m0/s1. The van der Waals surface area contributed by atoms with Gasteiger partial charge in [0.2, 0.25) is 0 Å². The zero-order valence-corrected chi connectivity index (χ0v) is 8.96. The number of benzene rings is 1. The third-order valence-corrected chi connectivity index (χ3v) is 2.50. The summed E-state index contributed by atoms with van der Waals surface area (Å²) in [6.07, 6.45) is 0. The first-order chi connectivity index (χ1) is 6.02. The molecule has 1 nitrogen and oxygen atoms in total. The molecule has 72 valence electrons. The molecule has 0 unspecified atom stereocenters. The molecule has 0 aliphatic heterocycles. The maximum Gasteiger partial charge on any atom is 0.0320 e. The summed E-state index contributed by atoms with van der Waals surface area (Å²) in [4.78, 5) is 0. The van der Waals surface area contributed by atoms with Gasteiger partial charge in [-0.15, -0.1) is 0 Å².